The highest BCUT2D eigenvalue weighted by molar-refractivity contribution is 6.06. The fourth-order valence-electron chi connectivity index (χ4n) is 2.36. The normalized spacial score (nSPS) is 31.2. The molecule has 6 nitrogen and oxygen atoms in total. The van der Waals surface area contributed by atoms with E-state index in [2.05, 4.69) is 0 Å². The van der Waals surface area contributed by atoms with Gasteiger partial charge in [-0.05, 0) is 18.4 Å². The summed E-state index contributed by atoms with van der Waals surface area (Å²) in [6.45, 7) is 1.26. The molecule has 100 valence electrons. The molecular weight excluding hydrogens is 238 g/mol. The quantitative estimate of drug-likeness (QED) is 0.658. The summed E-state index contributed by atoms with van der Waals surface area (Å²) in [6.07, 6.45) is 2.58. The van der Waals surface area contributed by atoms with Crippen molar-refractivity contribution in [3.05, 3.63) is 12.3 Å². The number of nitrogens with zero attached hydrogens (tertiary/aromatic N) is 1. The van der Waals surface area contributed by atoms with Gasteiger partial charge in [-0.2, -0.15) is 0 Å². The number of carbonyl (C=O) groups excluding carboxylic acids is 2. The number of ether oxygens (including phenoxy) is 1. The second-order valence-corrected chi connectivity index (χ2v) is 4.85. The van der Waals surface area contributed by atoms with E-state index in [0.717, 1.165) is 0 Å². The summed E-state index contributed by atoms with van der Waals surface area (Å²) in [5, 5.41) is 18.7. The average Bonchev–Trinajstić information content (AvgIpc) is 2.67. The van der Waals surface area contributed by atoms with Gasteiger partial charge in [-0.1, -0.05) is 6.92 Å². The number of allylic oxidation sites excluding steroid dienone is 1. The second-order valence-electron chi connectivity index (χ2n) is 4.85. The molecule has 0 radical (unpaired) electrons. The van der Waals surface area contributed by atoms with Crippen molar-refractivity contribution in [3.63, 3.8) is 0 Å². The molecule has 0 spiro atoms. The van der Waals surface area contributed by atoms with E-state index < -0.39 is 11.8 Å². The minimum absolute atomic E-state index is 0.0728. The zero-order valence-electron chi connectivity index (χ0n) is 10.2. The second kappa shape index (κ2) is 4.79. The van der Waals surface area contributed by atoms with Gasteiger partial charge in [0.1, 0.15) is 11.8 Å². The standard InChI is InChI=1S/C12H17NO5/c1-8-4-11(18-12(8,6-14)7-15)13-3-2-9(16)5-10(13)17/h2-3,8,11,14-15H,4-7H2,1H3/t8-,11+/m0/s1. The van der Waals surface area contributed by atoms with Crippen LogP contribution in [-0.4, -0.2) is 51.8 Å². The van der Waals surface area contributed by atoms with Crippen LogP contribution in [0.5, 0.6) is 0 Å². The van der Waals surface area contributed by atoms with E-state index in [0.29, 0.717) is 6.42 Å². The molecule has 2 atom stereocenters. The Labute approximate surface area is 105 Å². The third kappa shape index (κ3) is 2.07. The van der Waals surface area contributed by atoms with Gasteiger partial charge < -0.3 is 14.9 Å². The number of rotatable bonds is 3. The SMILES string of the molecule is C[C@H]1C[C@H](N2C=CC(=O)CC2=O)OC1(CO)CO. The van der Waals surface area contributed by atoms with E-state index in [-0.39, 0.29) is 37.2 Å². The lowest BCUT2D eigenvalue weighted by Gasteiger charge is -2.31. The van der Waals surface area contributed by atoms with Gasteiger partial charge in [0.25, 0.3) is 0 Å². The van der Waals surface area contributed by atoms with Crippen LogP contribution in [0.3, 0.4) is 0 Å². The van der Waals surface area contributed by atoms with Crippen LogP contribution in [0.4, 0.5) is 0 Å². The van der Waals surface area contributed by atoms with E-state index in [9.17, 15) is 19.8 Å². The topological polar surface area (TPSA) is 87.1 Å². The Morgan fingerprint density at radius 2 is 2.11 bits per heavy atom. The first-order valence-corrected chi connectivity index (χ1v) is 5.94. The Kier molecular flexibility index (Phi) is 3.52. The Bertz CT molecular complexity index is 388. The van der Waals surface area contributed by atoms with Crippen molar-refractivity contribution in [2.24, 2.45) is 5.92 Å². The van der Waals surface area contributed by atoms with E-state index in [4.69, 9.17) is 4.74 Å². The van der Waals surface area contributed by atoms with Crippen LogP contribution in [0.25, 0.3) is 0 Å². The molecule has 0 bridgehead atoms. The predicted octanol–water partition coefficient (Wildman–Crippen LogP) is -0.593. The minimum Gasteiger partial charge on any atom is -0.393 e. The molecule has 0 saturated carbocycles. The fourth-order valence-corrected chi connectivity index (χ4v) is 2.36. The van der Waals surface area contributed by atoms with Crippen LogP contribution in [0.2, 0.25) is 0 Å². The van der Waals surface area contributed by atoms with Crippen molar-refractivity contribution in [3.8, 4) is 0 Å². The van der Waals surface area contributed by atoms with Crippen molar-refractivity contribution in [2.45, 2.75) is 31.6 Å². The maximum Gasteiger partial charge on any atom is 0.236 e. The summed E-state index contributed by atoms with van der Waals surface area (Å²) >= 11 is 0. The first-order chi connectivity index (χ1) is 8.52. The van der Waals surface area contributed by atoms with Gasteiger partial charge in [-0.15, -0.1) is 0 Å². The number of hydrogen-bond acceptors (Lipinski definition) is 5. The summed E-state index contributed by atoms with van der Waals surface area (Å²) in [4.78, 5) is 24.2. The van der Waals surface area contributed by atoms with Crippen LogP contribution < -0.4 is 0 Å². The Balaban J connectivity index is 2.15. The molecular formula is C12H17NO5. The first-order valence-electron chi connectivity index (χ1n) is 5.94. The molecule has 1 fully saturated rings. The third-order valence-electron chi connectivity index (χ3n) is 3.70. The Morgan fingerprint density at radius 3 is 2.61 bits per heavy atom. The maximum atomic E-state index is 11.7. The predicted molar refractivity (Wildman–Crippen MR) is 61.2 cm³/mol. The van der Waals surface area contributed by atoms with Gasteiger partial charge in [-0.25, -0.2) is 0 Å². The maximum absolute atomic E-state index is 11.7. The molecule has 0 aliphatic carbocycles. The van der Waals surface area contributed by atoms with Crippen LogP contribution in [0.1, 0.15) is 19.8 Å². The van der Waals surface area contributed by atoms with Gasteiger partial charge in [0.2, 0.25) is 5.91 Å². The van der Waals surface area contributed by atoms with Crippen LogP contribution in [0, 0.1) is 5.92 Å². The monoisotopic (exact) mass is 255 g/mol. The zero-order valence-corrected chi connectivity index (χ0v) is 10.2. The molecule has 0 aromatic heterocycles. The smallest absolute Gasteiger partial charge is 0.236 e. The highest BCUT2D eigenvalue weighted by atomic mass is 16.6. The molecule has 6 heteroatoms. The number of aliphatic hydroxyl groups is 2. The van der Waals surface area contributed by atoms with E-state index in [1.54, 1.807) is 0 Å². The Morgan fingerprint density at radius 1 is 1.44 bits per heavy atom. The molecule has 2 aliphatic heterocycles. The molecule has 0 unspecified atom stereocenters. The molecule has 0 aromatic rings. The van der Waals surface area contributed by atoms with Crippen molar-refractivity contribution < 1.29 is 24.5 Å². The van der Waals surface area contributed by atoms with E-state index >= 15 is 0 Å². The number of ketones is 1. The van der Waals surface area contributed by atoms with Gasteiger partial charge >= 0.3 is 0 Å². The lowest BCUT2D eigenvalue weighted by molar-refractivity contribution is -0.162. The molecule has 2 heterocycles. The van der Waals surface area contributed by atoms with Crippen molar-refractivity contribution in [1.29, 1.82) is 0 Å². The lowest BCUT2D eigenvalue weighted by atomic mass is 9.90. The summed E-state index contributed by atoms with van der Waals surface area (Å²) < 4.78 is 5.65. The molecule has 2 N–H and O–H groups in total. The van der Waals surface area contributed by atoms with Gasteiger partial charge in [-0.3, -0.25) is 14.5 Å². The molecule has 1 saturated heterocycles. The van der Waals surface area contributed by atoms with Crippen LogP contribution >= 0.6 is 0 Å². The van der Waals surface area contributed by atoms with E-state index in [1.165, 1.54) is 17.2 Å². The molecule has 2 rings (SSSR count). The molecule has 2 aliphatic rings. The molecule has 0 aromatic carbocycles. The van der Waals surface area contributed by atoms with Crippen LogP contribution in [0.15, 0.2) is 12.3 Å². The van der Waals surface area contributed by atoms with E-state index in [1.807, 2.05) is 6.92 Å². The summed E-state index contributed by atoms with van der Waals surface area (Å²) in [5.41, 5.74) is -1.01. The van der Waals surface area contributed by atoms with Gasteiger partial charge in [0.05, 0.1) is 19.6 Å². The molecule has 1 amide bonds. The minimum atomic E-state index is -1.01. The number of aliphatic hydroxyl groups excluding tert-OH is 2. The largest absolute Gasteiger partial charge is 0.393 e. The fraction of sp³-hybridized carbons (Fsp3) is 0.667. The van der Waals surface area contributed by atoms with Gasteiger partial charge in [0, 0.05) is 6.20 Å². The zero-order chi connectivity index (χ0) is 13.3. The highest BCUT2D eigenvalue weighted by Gasteiger charge is 2.48. The third-order valence-corrected chi connectivity index (χ3v) is 3.70. The average molecular weight is 255 g/mol. The number of carbonyl (C=O) groups is 2. The molecule has 18 heavy (non-hydrogen) atoms. The summed E-state index contributed by atoms with van der Waals surface area (Å²) in [6, 6.07) is 0. The first kappa shape index (κ1) is 13.2. The van der Waals surface area contributed by atoms with Crippen molar-refractivity contribution >= 4 is 11.7 Å². The van der Waals surface area contributed by atoms with Crippen LogP contribution in [-0.2, 0) is 14.3 Å². The summed E-state index contributed by atoms with van der Waals surface area (Å²) in [7, 11) is 0. The number of hydrogen-bond donors (Lipinski definition) is 2. The summed E-state index contributed by atoms with van der Waals surface area (Å²) in [5.74, 6) is -0.611. The lowest BCUT2D eigenvalue weighted by Crippen LogP contribution is -2.45. The Hall–Kier alpha value is -1.24. The number of amides is 1. The van der Waals surface area contributed by atoms with Gasteiger partial charge in [0.15, 0.2) is 5.78 Å². The van der Waals surface area contributed by atoms with Crippen molar-refractivity contribution in [2.75, 3.05) is 13.2 Å². The highest BCUT2D eigenvalue weighted by Crippen LogP contribution is 2.37. The van der Waals surface area contributed by atoms with Crippen molar-refractivity contribution in [1.82, 2.24) is 4.90 Å².